The van der Waals surface area contributed by atoms with E-state index in [0.29, 0.717) is 19.3 Å². The first-order valence-electron chi connectivity index (χ1n) is 15.0. The van der Waals surface area contributed by atoms with Crippen LogP contribution >= 0.6 is 0 Å². The van der Waals surface area contributed by atoms with Crippen LogP contribution in [-0.2, 0) is 28.7 Å². The number of hydrogen-bond acceptors (Lipinski definition) is 8. The standard InChI is InChI=1S/C31H45NO9/c1-17(2)13-22(28(38)39)32-25(36)7-8-26(37)41-16-24(35)31(40)12-10-21-20-6-5-18-14-19(33)9-11-29(18,3)27(20)23(34)15-30(21,31)4/h14,17,20-23,27,34,40H,5-13,15-16H2,1-4H3,(H,32,36)(H,38,39)/t20-,21-,22+,23+,27+,29-,30-,31-/m0/s1. The summed E-state index contributed by atoms with van der Waals surface area (Å²) in [5.41, 5.74) is -1.81. The number of aliphatic hydroxyl groups is 2. The van der Waals surface area contributed by atoms with Crippen LogP contribution in [0.5, 0.6) is 0 Å². The van der Waals surface area contributed by atoms with Crippen molar-refractivity contribution in [2.75, 3.05) is 6.61 Å². The number of carbonyl (C=O) groups excluding carboxylic acids is 4. The minimum Gasteiger partial charge on any atom is -0.480 e. The van der Waals surface area contributed by atoms with Crippen molar-refractivity contribution in [3.63, 3.8) is 0 Å². The van der Waals surface area contributed by atoms with Crippen molar-refractivity contribution in [3.05, 3.63) is 11.6 Å². The van der Waals surface area contributed by atoms with Gasteiger partial charge in [-0.1, -0.05) is 33.3 Å². The van der Waals surface area contributed by atoms with Gasteiger partial charge in [0.15, 0.2) is 12.4 Å². The molecule has 3 fully saturated rings. The molecule has 0 aromatic rings. The molecule has 0 aromatic carbocycles. The predicted octanol–water partition coefficient (Wildman–Crippen LogP) is 2.73. The average molecular weight is 576 g/mol. The lowest BCUT2D eigenvalue weighted by molar-refractivity contribution is -0.184. The maximum absolute atomic E-state index is 13.4. The highest BCUT2D eigenvalue weighted by Gasteiger charge is 2.68. The lowest BCUT2D eigenvalue weighted by Crippen LogP contribution is -2.62. The molecule has 4 N–H and O–H groups in total. The van der Waals surface area contributed by atoms with Crippen molar-refractivity contribution in [2.24, 2.45) is 34.5 Å². The molecular formula is C31H45NO9. The van der Waals surface area contributed by atoms with Gasteiger partial charge in [-0.05, 0) is 80.1 Å². The number of carboxylic acid groups (broad SMARTS) is 1. The summed E-state index contributed by atoms with van der Waals surface area (Å²) in [6.07, 6.45) is 4.47. The number of allylic oxidation sites excluding steroid dienone is 1. The molecule has 41 heavy (non-hydrogen) atoms. The number of ether oxygens (including phenoxy) is 1. The Hall–Kier alpha value is -2.59. The monoisotopic (exact) mass is 575 g/mol. The zero-order valence-corrected chi connectivity index (χ0v) is 24.6. The molecule has 4 aliphatic carbocycles. The summed E-state index contributed by atoms with van der Waals surface area (Å²) >= 11 is 0. The summed E-state index contributed by atoms with van der Waals surface area (Å²) in [6, 6.07) is -1.05. The molecule has 10 nitrogen and oxygen atoms in total. The normalized spacial score (nSPS) is 36.9. The van der Waals surface area contributed by atoms with Crippen molar-refractivity contribution in [2.45, 2.75) is 110 Å². The molecule has 0 aliphatic heterocycles. The van der Waals surface area contributed by atoms with Crippen molar-refractivity contribution in [1.29, 1.82) is 0 Å². The first kappa shape index (κ1) is 31.3. The van der Waals surface area contributed by atoms with E-state index in [1.54, 1.807) is 6.08 Å². The Morgan fingerprint density at radius 1 is 1.10 bits per heavy atom. The van der Waals surface area contributed by atoms with Crippen molar-refractivity contribution >= 4 is 29.4 Å². The van der Waals surface area contributed by atoms with Gasteiger partial charge in [-0.15, -0.1) is 0 Å². The molecule has 0 heterocycles. The number of aliphatic carboxylic acids is 1. The SMILES string of the molecule is CC(C)C[C@@H](NC(=O)CCC(=O)OCC(=O)[C@@]1(O)CC[C@H]2[C@@H]3CCC4=CC(=O)CC[C@]4(C)[C@H]3[C@H](O)C[C@@]21C)C(=O)O. The van der Waals surface area contributed by atoms with Crippen LogP contribution in [0.4, 0.5) is 0 Å². The van der Waals surface area contributed by atoms with Crippen LogP contribution in [0.25, 0.3) is 0 Å². The Balaban J connectivity index is 1.36. The number of esters is 1. The van der Waals surface area contributed by atoms with E-state index < -0.39 is 53.4 Å². The van der Waals surface area contributed by atoms with E-state index in [0.717, 1.165) is 18.4 Å². The van der Waals surface area contributed by atoms with Gasteiger partial charge in [-0.25, -0.2) is 4.79 Å². The third-order valence-electron chi connectivity index (χ3n) is 10.8. The maximum atomic E-state index is 13.4. The van der Waals surface area contributed by atoms with Crippen LogP contribution in [0.2, 0.25) is 0 Å². The Labute approximate surface area is 241 Å². The van der Waals surface area contributed by atoms with Gasteiger partial charge in [0.05, 0.1) is 12.5 Å². The van der Waals surface area contributed by atoms with Crippen LogP contribution in [0, 0.1) is 34.5 Å². The lowest BCUT2D eigenvalue weighted by atomic mass is 9.45. The number of carboxylic acids is 1. The molecule has 4 aliphatic rings. The predicted molar refractivity (Wildman–Crippen MR) is 147 cm³/mol. The Bertz CT molecular complexity index is 1130. The van der Waals surface area contributed by atoms with E-state index in [9.17, 15) is 39.3 Å². The minimum absolute atomic E-state index is 0.00766. The Morgan fingerprint density at radius 3 is 2.46 bits per heavy atom. The third kappa shape index (κ3) is 5.74. The number of ketones is 2. The second kappa shape index (κ2) is 11.6. The molecule has 3 saturated carbocycles. The molecule has 0 bridgehead atoms. The largest absolute Gasteiger partial charge is 0.480 e. The van der Waals surface area contributed by atoms with Gasteiger partial charge in [0.2, 0.25) is 11.7 Å². The number of aliphatic hydroxyl groups excluding tert-OH is 1. The summed E-state index contributed by atoms with van der Waals surface area (Å²) in [6.45, 7) is 7.05. The second-order valence-corrected chi connectivity index (χ2v) is 13.6. The van der Waals surface area contributed by atoms with Gasteiger partial charge in [0, 0.05) is 18.3 Å². The van der Waals surface area contributed by atoms with E-state index in [2.05, 4.69) is 12.2 Å². The molecule has 0 unspecified atom stereocenters. The molecule has 4 rings (SSSR count). The van der Waals surface area contributed by atoms with Gasteiger partial charge in [0.1, 0.15) is 11.6 Å². The van der Waals surface area contributed by atoms with Crippen LogP contribution in [-0.4, -0.2) is 69.1 Å². The van der Waals surface area contributed by atoms with E-state index in [1.807, 2.05) is 20.8 Å². The van der Waals surface area contributed by atoms with Crippen molar-refractivity contribution in [1.82, 2.24) is 5.32 Å². The van der Waals surface area contributed by atoms with Gasteiger partial charge >= 0.3 is 11.9 Å². The van der Waals surface area contributed by atoms with E-state index in [-0.39, 0.29) is 67.0 Å². The number of nitrogens with one attached hydrogen (secondary N) is 1. The summed E-state index contributed by atoms with van der Waals surface area (Å²) in [4.78, 5) is 61.4. The molecule has 0 saturated heterocycles. The fraction of sp³-hybridized carbons (Fsp3) is 0.774. The van der Waals surface area contributed by atoms with Crippen LogP contribution in [0.1, 0.15) is 91.9 Å². The van der Waals surface area contributed by atoms with Crippen LogP contribution < -0.4 is 5.32 Å². The van der Waals surface area contributed by atoms with Crippen molar-refractivity contribution < 1.29 is 44.0 Å². The highest BCUT2D eigenvalue weighted by Crippen LogP contribution is 2.67. The van der Waals surface area contributed by atoms with Gasteiger partial charge in [0.25, 0.3) is 0 Å². The molecule has 8 atom stereocenters. The van der Waals surface area contributed by atoms with Gasteiger partial charge in [-0.2, -0.15) is 0 Å². The quantitative estimate of drug-likeness (QED) is 0.286. The molecular weight excluding hydrogens is 530 g/mol. The third-order valence-corrected chi connectivity index (χ3v) is 10.8. The Morgan fingerprint density at radius 2 is 1.80 bits per heavy atom. The number of hydrogen-bond donors (Lipinski definition) is 4. The number of fused-ring (bicyclic) bond motifs is 5. The fourth-order valence-electron chi connectivity index (χ4n) is 8.66. The zero-order chi connectivity index (χ0) is 30.3. The van der Waals surface area contributed by atoms with Gasteiger partial charge in [-0.3, -0.25) is 19.2 Å². The summed E-state index contributed by atoms with van der Waals surface area (Å²) < 4.78 is 5.16. The number of amides is 1. The first-order chi connectivity index (χ1) is 19.1. The van der Waals surface area contributed by atoms with E-state index in [4.69, 9.17) is 4.74 Å². The topological polar surface area (TPSA) is 167 Å². The number of rotatable bonds is 10. The lowest BCUT2D eigenvalue weighted by Gasteiger charge is -2.60. The average Bonchev–Trinajstić information content (AvgIpc) is 3.16. The molecule has 0 radical (unpaired) electrons. The maximum Gasteiger partial charge on any atom is 0.326 e. The highest BCUT2D eigenvalue weighted by atomic mass is 16.5. The molecule has 0 aromatic heterocycles. The van der Waals surface area contributed by atoms with Gasteiger partial charge < -0.3 is 25.4 Å². The molecule has 1 amide bonds. The molecule has 0 spiro atoms. The summed E-state index contributed by atoms with van der Waals surface area (Å²) in [5.74, 6) is -2.89. The first-order valence-corrected chi connectivity index (χ1v) is 15.0. The number of carbonyl (C=O) groups is 5. The fourth-order valence-corrected chi connectivity index (χ4v) is 8.66. The van der Waals surface area contributed by atoms with E-state index in [1.165, 1.54) is 0 Å². The van der Waals surface area contributed by atoms with E-state index >= 15 is 0 Å². The summed E-state index contributed by atoms with van der Waals surface area (Å²) in [7, 11) is 0. The minimum atomic E-state index is -1.76. The van der Waals surface area contributed by atoms with Crippen LogP contribution in [0.15, 0.2) is 11.6 Å². The summed E-state index contributed by atoms with van der Waals surface area (Å²) in [5, 5.41) is 35.0. The second-order valence-electron chi connectivity index (χ2n) is 13.6. The Kier molecular flexibility index (Phi) is 8.86. The highest BCUT2D eigenvalue weighted by molar-refractivity contribution is 5.92. The zero-order valence-electron chi connectivity index (χ0n) is 24.6. The van der Waals surface area contributed by atoms with Crippen molar-refractivity contribution in [3.8, 4) is 0 Å². The molecule has 10 heteroatoms. The number of Topliss-reactive ketones (excluding diaryl/α,β-unsaturated/α-hetero) is 1. The smallest absolute Gasteiger partial charge is 0.326 e. The van der Waals surface area contributed by atoms with Crippen LogP contribution in [0.3, 0.4) is 0 Å². The molecule has 228 valence electrons.